The first kappa shape index (κ1) is 61.7. The zero-order valence-corrected chi connectivity index (χ0v) is 49.3. The smallest absolute Gasteiger partial charge is 0.132 e. The molecule has 0 aliphatic heterocycles. The normalized spacial score (nSPS) is 12.7. The third-order valence-electron chi connectivity index (χ3n) is 15.0. The second-order valence-electron chi connectivity index (χ2n) is 21.2. The minimum Gasteiger partial charge on any atom is -0.206 e. The van der Waals surface area contributed by atoms with Crippen molar-refractivity contribution in [1.82, 2.24) is 0 Å². The van der Waals surface area contributed by atoms with E-state index in [0.717, 1.165) is 30.2 Å². The van der Waals surface area contributed by atoms with E-state index in [9.17, 15) is 0 Å². The lowest BCUT2D eigenvalue weighted by Gasteiger charge is -2.17. The molecule has 0 N–H and O–H groups in total. The second kappa shape index (κ2) is 40.9. The molecule has 0 nitrogen and oxygen atoms in total. The molecule has 0 fully saturated rings. The summed E-state index contributed by atoms with van der Waals surface area (Å²) in [5.74, 6) is 0.602. The Balaban J connectivity index is 1.64. The molecule has 0 amide bonds. The molecule has 3 rings (SSSR count). The summed E-state index contributed by atoms with van der Waals surface area (Å²) in [5.41, 5.74) is 3.29. The molecule has 0 radical (unpaired) electrons. The van der Waals surface area contributed by atoms with Gasteiger partial charge in [0.2, 0.25) is 0 Å². The third-order valence-corrected chi connectivity index (χ3v) is 19.0. The fourth-order valence-corrected chi connectivity index (χ4v) is 14.0. The number of halogens is 4. The highest BCUT2D eigenvalue weighted by Crippen LogP contribution is 2.43. The molecule has 0 aliphatic carbocycles. The molecule has 390 valence electrons. The van der Waals surface area contributed by atoms with Crippen LogP contribution >= 0.6 is 54.5 Å². The Bertz CT molecular complexity index is 1530. The zero-order valence-electron chi connectivity index (χ0n) is 44.5. The van der Waals surface area contributed by atoms with Gasteiger partial charge in [0, 0.05) is 20.9 Å². The maximum absolute atomic E-state index is 16.3. The first-order chi connectivity index (χ1) is 33.3. The number of hydrogen-bond acceptors (Lipinski definition) is 2. The van der Waals surface area contributed by atoms with Gasteiger partial charge in [0.15, 0.2) is 0 Å². The van der Waals surface area contributed by atoms with Crippen molar-refractivity contribution in [1.29, 1.82) is 0 Å². The lowest BCUT2D eigenvalue weighted by Crippen LogP contribution is -2.05. The van der Waals surface area contributed by atoms with Crippen LogP contribution < -0.4 is 0 Å². The van der Waals surface area contributed by atoms with E-state index >= 15 is 8.78 Å². The Morgan fingerprint density at radius 3 is 0.794 bits per heavy atom. The van der Waals surface area contributed by atoms with Gasteiger partial charge in [0.1, 0.15) is 11.6 Å². The predicted octanol–water partition coefficient (Wildman–Crippen LogP) is 24.9. The van der Waals surface area contributed by atoms with E-state index in [0.29, 0.717) is 23.0 Å². The fraction of sp³-hybridized carbons (Fsp3) is 0.774. The van der Waals surface area contributed by atoms with Crippen molar-refractivity contribution in [3.05, 3.63) is 54.6 Å². The number of unbranched alkanes of at least 4 members (excludes halogenated alkanes) is 32. The van der Waals surface area contributed by atoms with Crippen molar-refractivity contribution < 1.29 is 8.78 Å². The van der Waals surface area contributed by atoms with E-state index in [1.807, 2.05) is 0 Å². The molecule has 0 aliphatic rings. The summed E-state index contributed by atoms with van der Waals surface area (Å²) >= 11 is 10.9. The van der Waals surface area contributed by atoms with Crippen LogP contribution in [0.1, 0.15) is 296 Å². The van der Waals surface area contributed by atoms with Crippen LogP contribution in [0.15, 0.2) is 31.8 Å². The number of rotatable bonds is 46. The van der Waals surface area contributed by atoms with E-state index in [-0.39, 0.29) is 11.6 Å². The van der Waals surface area contributed by atoms with Gasteiger partial charge < -0.3 is 0 Å². The minimum absolute atomic E-state index is 0.331. The summed E-state index contributed by atoms with van der Waals surface area (Å²) in [6, 6.07) is 7.26. The fourth-order valence-electron chi connectivity index (χ4n) is 10.6. The first-order valence-electron chi connectivity index (χ1n) is 29.4. The van der Waals surface area contributed by atoms with Crippen LogP contribution in [-0.4, -0.2) is 0 Å². The molecule has 0 bridgehead atoms. The highest BCUT2D eigenvalue weighted by Gasteiger charge is 2.22. The minimum atomic E-state index is -0.331. The van der Waals surface area contributed by atoms with Gasteiger partial charge in [-0.05, 0) is 91.9 Å². The van der Waals surface area contributed by atoms with Crippen molar-refractivity contribution in [3.8, 4) is 20.9 Å². The van der Waals surface area contributed by atoms with Gasteiger partial charge >= 0.3 is 0 Å². The van der Waals surface area contributed by atoms with Crippen molar-refractivity contribution in [2.45, 2.75) is 297 Å². The summed E-state index contributed by atoms with van der Waals surface area (Å²) in [4.78, 5) is 1.65. The summed E-state index contributed by atoms with van der Waals surface area (Å²) in [7, 11) is 0. The van der Waals surface area contributed by atoms with Crippen LogP contribution in [0.2, 0.25) is 0 Å². The van der Waals surface area contributed by atoms with Crippen molar-refractivity contribution in [3.63, 3.8) is 0 Å². The SMILES string of the molecule is CCCCCCCCCCCCC(CCCCCCCCCC)Cc1cc(-c2cc(F)c(-c3cc(CC(CCCCCCCCCC)CCCCCCCCCCCC)c(Br)s3)cc2F)sc1Br. The molecule has 1 aromatic carbocycles. The van der Waals surface area contributed by atoms with Crippen LogP contribution in [0.25, 0.3) is 20.9 Å². The van der Waals surface area contributed by atoms with Gasteiger partial charge in [-0.3, -0.25) is 0 Å². The zero-order chi connectivity index (χ0) is 48.9. The number of benzene rings is 1. The number of thiophene rings is 2. The van der Waals surface area contributed by atoms with E-state index in [1.165, 1.54) is 280 Å². The molecule has 68 heavy (non-hydrogen) atoms. The molecule has 0 saturated heterocycles. The van der Waals surface area contributed by atoms with Crippen LogP contribution in [0.4, 0.5) is 8.78 Å². The van der Waals surface area contributed by atoms with Gasteiger partial charge in [-0.15, -0.1) is 22.7 Å². The summed E-state index contributed by atoms with van der Waals surface area (Å²) in [6.07, 6.45) is 55.9. The standard InChI is InChI=1S/C62H102Br2F2S2/c1-5-9-13-17-21-25-27-31-35-39-43-51(41-37-33-29-23-19-15-11-7-3)45-53-47-59(67-61(53)63)55-49-58(66)56(50-57(55)65)60-48-54(62(64)68-60)46-52(42-38-34-30-24-20-16-12-8-4)44-40-36-32-28-26-22-18-14-10-6-2/h47-52H,5-46H2,1-4H3. The van der Waals surface area contributed by atoms with E-state index in [1.54, 1.807) is 22.7 Å². The van der Waals surface area contributed by atoms with Crippen molar-refractivity contribution in [2.24, 2.45) is 11.8 Å². The molecule has 2 atom stereocenters. The lowest BCUT2D eigenvalue weighted by molar-refractivity contribution is 0.399. The summed E-state index contributed by atoms with van der Waals surface area (Å²) in [5, 5.41) is 0. The Morgan fingerprint density at radius 1 is 0.338 bits per heavy atom. The van der Waals surface area contributed by atoms with Gasteiger partial charge in [0.25, 0.3) is 0 Å². The predicted molar refractivity (Wildman–Crippen MR) is 310 cm³/mol. The molecular formula is C62H102Br2F2S2. The van der Waals surface area contributed by atoms with Crippen LogP contribution in [0.5, 0.6) is 0 Å². The molecule has 2 unspecified atom stereocenters. The average molecular weight is 1110 g/mol. The maximum atomic E-state index is 16.3. The van der Waals surface area contributed by atoms with Gasteiger partial charge in [-0.2, -0.15) is 0 Å². The average Bonchev–Trinajstić information content (AvgIpc) is 3.89. The molecule has 0 spiro atoms. The van der Waals surface area contributed by atoms with Crippen molar-refractivity contribution in [2.75, 3.05) is 0 Å². The van der Waals surface area contributed by atoms with Gasteiger partial charge in [-0.1, -0.05) is 285 Å². The largest absolute Gasteiger partial charge is 0.206 e. The van der Waals surface area contributed by atoms with E-state index < -0.39 is 0 Å². The molecule has 3 aromatic rings. The van der Waals surface area contributed by atoms with Crippen molar-refractivity contribution >= 4 is 54.5 Å². The quantitative estimate of drug-likeness (QED) is 0.0495. The molecule has 6 heteroatoms. The van der Waals surface area contributed by atoms with Crippen LogP contribution in [0.3, 0.4) is 0 Å². The topological polar surface area (TPSA) is 0 Å². The molecule has 2 aromatic heterocycles. The van der Waals surface area contributed by atoms with Gasteiger partial charge in [0.05, 0.1) is 7.57 Å². The Hall–Kier alpha value is -0.560. The summed E-state index contributed by atoms with van der Waals surface area (Å²) in [6.45, 7) is 9.17. The van der Waals surface area contributed by atoms with Gasteiger partial charge in [-0.25, -0.2) is 8.78 Å². The Kier molecular flexibility index (Phi) is 37.1. The van der Waals surface area contributed by atoms with Crippen LogP contribution in [0, 0.1) is 23.5 Å². The first-order valence-corrected chi connectivity index (χ1v) is 32.6. The highest BCUT2D eigenvalue weighted by molar-refractivity contribution is 9.11. The van der Waals surface area contributed by atoms with E-state index in [4.69, 9.17) is 0 Å². The third kappa shape index (κ3) is 27.5. The highest BCUT2D eigenvalue weighted by atomic mass is 79.9. The monoisotopic (exact) mass is 1110 g/mol. The maximum Gasteiger partial charge on any atom is 0.132 e. The Morgan fingerprint density at radius 2 is 0.559 bits per heavy atom. The molecule has 2 heterocycles. The van der Waals surface area contributed by atoms with E-state index in [2.05, 4.69) is 71.7 Å². The second-order valence-corrected chi connectivity index (χ2v) is 26.0. The molecular weight excluding hydrogens is 1010 g/mol. The lowest BCUT2D eigenvalue weighted by atomic mass is 9.89. The number of hydrogen-bond donors (Lipinski definition) is 0. The summed E-state index contributed by atoms with van der Waals surface area (Å²) < 4.78 is 34.7. The Labute approximate surface area is 444 Å². The van der Waals surface area contributed by atoms with Crippen LogP contribution in [-0.2, 0) is 12.8 Å². The molecule has 0 saturated carbocycles.